The standard InChI is InChI=1S/C36H22N6O.Pt/c1-5-15-29-25(11-1)27-13-3-7-17-31(27)41(23-37-29)33-19-9-21-35(39-33)43-36-22-10-20-34(40-36)42-24-38-30-16-6-2-12-26(30)28-14-4-8-18-32(28)42;/h1-22H;/q-2;+2. The van der Waals surface area contributed by atoms with E-state index in [9.17, 15) is 0 Å². The number of aliphatic imine (C=N–C) groups is 2. The van der Waals surface area contributed by atoms with Gasteiger partial charge in [-0.15, -0.1) is 0 Å². The second-order valence-corrected chi connectivity index (χ2v) is 9.93. The minimum Gasteiger partial charge on any atom is -0.422 e. The van der Waals surface area contributed by atoms with Crippen molar-refractivity contribution < 1.29 is 25.8 Å². The third-order valence-corrected chi connectivity index (χ3v) is 7.30. The number of aromatic nitrogens is 2. The summed E-state index contributed by atoms with van der Waals surface area (Å²) in [5.41, 5.74) is 7.74. The van der Waals surface area contributed by atoms with Gasteiger partial charge in [-0.3, -0.25) is 0 Å². The van der Waals surface area contributed by atoms with Gasteiger partial charge >= 0.3 is 21.1 Å². The van der Waals surface area contributed by atoms with E-state index in [4.69, 9.17) is 14.7 Å². The number of benzene rings is 4. The molecule has 0 amide bonds. The van der Waals surface area contributed by atoms with Crippen LogP contribution in [0.2, 0.25) is 0 Å². The fourth-order valence-corrected chi connectivity index (χ4v) is 5.33. The number of fused-ring (bicyclic) bond motifs is 6. The van der Waals surface area contributed by atoms with E-state index in [-0.39, 0.29) is 21.1 Å². The quantitative estimate of drug-likeness (QED) is 0.169. The van der Waals surface area contributed by atoms with E-state index < -0.39 is 0 Å². The van der Waals surface area contributed by atoms with E-state index in [1.165, 1.54) is 0 Å². The molecule has 8 rings (SSSR count). The molecule has 0 saturated heterocycles. The van der Waals surface area contributed by atoms with Crippen LogP contribution in [-0.2, 0) is 21.1 Å². The molecule has 0 radical (unpaired) electrons. The zero-order valence-corrected chi connectivity index (χ0v) is 25.4. The van der Waals surface area contributed by atoms with Crippen LogP contribution in [0.4, 0.5) is 34.4 Å². The molecule has 212 valence electrons. The summed E-state index contributed by atoms with van der Waals surface area (Å²) in [4.78, 5) is 22.6. The first-order chi connectivity index (χ1) is 21.3. The molecule has 0 unspecified atom stereocenters. The Morgan fingerprint density at radius 3 is 1.32 bits per heavy atom. The number of ether oxygens (including phenoxy) is 1. The SMILES string of the molecule is [C-]1=Nc2ccccc2-c2ccccc2N1c1cccc(Oc2cccc(N3[C-]=Nc4ccccc4-c4ccccc43)n2)n1.[Pt+2]. The Kier molecular flexibility index (Phi) is 7.30. The average molecular weight is 750 g/mol. The summed E-state index contributed by atoms with van der Waals surface area (Å²) in [6, 6.07) is 43.6. The fourth-order valence-electron chi connectivity index (χ4n) is 5.33. The number of anilines is 4. The van der Waals surface area contributed by atoms with Gasteiger partial charge in [0.2, 0.25) is 11.8 Å². The third-order valence-electron chi connectivity index (χ3n) is 7.30. The first-order valence-corrected chi connectivity index (χ1v) is 13.8. The van der Waals surface area contributed by atoms with Crippen LogP contribution in [0.3, 0.4) is 0 Å². The van der Waals surface area contributed by atoms with Crippen molar-refractivity contribution in [2.24, 2.45) is 9.98 Å². The van der Waals surface area contributed by atoms with Gasteiger partial charge in [-0.05, 0) is 57.1 Å². The van der Waals surface area contributed by atoms with Gasteiger partial charge < -0.3 is 24.5 Å². The molecule has 8 heteroatoms. The normalized spacial score (nSPS) is 12.5. The van der Waals surface area contributed by atoms with Gasteiger partial charge in [0, 0.05) is 12.7 Å². The largest absolute Gasteiger partial charge is 2.00 e. The maximum absolute atomic E-state index is 6.21. The molecule has 2 aliphatic rings. The predicted molar refractivity (Wildman–Crippen MR) is 171 cm³/mol. The fraction of sp³-hybridized carbons (Fsp3) is 0. The van der Waals surface area contributed by atoms with E-state index in [2.05, 4.69) is 46.9 Å². The van der Waals surface area contributed by atoms with Gasteiger partial charge in [0.15, 0.2) is 0 Å². The number of rotatable bonds is 4. The number of hydrogen-bond donors (Lipinski definition) is 0. The van der Waals surface area contributed by atoms with Crippen molar-refractivity contribution in [2.75, 3.05) is 9.80 Å². The van der Waals surface area contributed by atoms with Crippen LogP contribution in [0.25, 0.3) is 22.3 Å². The van der Waals surface area contributed by atoms with E-state index in [1.807, 2.05) is 107 Å². The molecule has 2 aromatic heterocycles. The predicted octanol–water partition coefficient (Wildman–Crippen LogP) is 8.98. The second-order valence-electron chi connectivity index (χ2n) is 9.93. The first-order valence-electron chi connectivity index (χ1n) is 13.8. The van der Waals surface area contributed by atoms with Crippen LogP contribution in [0.1, 0.15) is 0 Å². The molecule has 0 spiro atoms. The summed E-state index contributed by atoms with van der Waals surface area (Å²) in [5, 5.41) is 0. The smallest absolute Gasteiger partial charge is 0.422 e. The molecule has 0 bridgehead atoms. The van der Waals surface area contributed by atoms with Crippen molar-refractivity contribution in [1.29, 1.82) is 0 Å². The van der Waals surface area contributed by atoms with Gasteiger partial charge in [0.1, 0.15) is 0 Å². The van der Waals surface area contributed by atoms with Gasteiger partial charge in [-0.25, -0.2) is 9.97 Å². The van der Waals surface area contributed by atoms with Gasteiger partial charge in [-0.1, -0.05) is 121 Å². The summed E-state index contributed by atoms with van der Waals surface area (Å²) >= 11 is 0. The molecular weight excluding hydrogens is 728 g/mol. The van der Waals surface area contributed by atoms with Crippen LogP contribution in [0.5, 0.6) is 11.8 Å². The van der Waals surface area contributed by atoms with Crippen LogP contribution in [-0.4, -0.2) is 22.6 Å². The van der Waals surface area contributed by atoms with Crippen molar-refractivity contribution >= 4 is 47.1 Å². The summed E-state index contributed by atoms with van der Waals surface area (Å²) in [7, 11) is 0. The molecule has 4 aromatic carbocycles. The Balaban J connectivity index is 0.00000312. The van der Waals surface area contributed by atoms with E-state index in [1.54, 1.807) is 12.1 Å². The molecule has 7 nitrogen and oxygen atoms in total. The summed E-state index contributed by atoms with van der Waals surface area (Å²) < 4.78 is 6.21. The number of hydrogen-bond acceptors (Lipinski definition) is 7. The molecule has 2 aliphatic heterocycles. The van der Waals surface area contributed by atoms with Crippen molar-refractivity contribution in [1.82, 2.24) is 9.97 Å². The van der Waals surface area contributed by atoms with E-state index >= 15 is 0 Å². The third kappa shape index (κ3) is 4.97. The topological polar surface area (TPSA) is 66.2 Å². The molecule has 0 atom stereocenters. The molecule has 0 aliphatic carbocycles. The second kappa shape index (κ2) is 11.7. The Hall–Kier alpha value is -5.39. The Labute approximate surface area is 269 Å². The van der Waals surface area contributed by atoms with Gasteiger partial charge in [0.25, 0.3) is 0 Å². The van der Waals surface area contributed by atoms with Crippen LogP contribution < -0.4 is 14.5 Å². The van der Waals surface area contributed by atoms with Gasteiger partial charge in [0.05, 0.1) is 11.6 Å². The minimum atomic E-state index is 0. The van der Waals surface area contributed by atoms with Crippen LogP contribution in [0, 0.1) is 0 Å². The number of nitrogens with zero attached hydrogens (tertiary/aromatic N) is 6. The Bertz CT molecular complexity index is 1910. The van der Waals surface area contributed by atoms with Crippen molar-refractivity contribution in [3.05, 3.63) is 133 Å². The summed E-state index contributed by atoms with van der Waals surface area (Å²) in [5.74, 6) is 2.03. The Morgan fingerprint density at radius 1 is 0.432 bits per heavy atom. The zero-order chi connectivity index (χ0) is 28.6. The maximum Gasteiger partial charge on any atom is 2.00 e. The maximum atomic E-state index is 6.21. The molecule has 44 heavy (non-hydrogen) atoms. The molecule has 4 heterocycles. The minimum absolute atomic E-state index is 0. The summed E-state index contributed by atoms with van der Waals surface area (Å²) in [6.45, 7) is 0. The number of pyridine rings is 2. The Morgan fingerprint density at radius 2 is 0.841 bits per heavy atom. The van der Waals surface area contributed by atoms with E-state index in [0.29, 0.717) is 23.4 Å². The van der Waals surface area contributed by atoms with E-state index in [0.717, 1.165) is 45.0 Å². The molecule has 0 N–H and O–H groups in total. The molecule has 0 fully saturated rings. The molecule has 0 saturated carbocycles. The number of para-hydroxylation sites is 4. The molecular formula is C36H22N6OPt. The molecule has 6 aromatic rings. The van der Waals surface area contributed by atoms with Crippen LogP contribution in [0.15, 0.2) is 143 Å². The van der Waals surface area contributed by atoms with Crippen molar-refractivity contribution in [3.8, 4) is 34.0 Å². The van der Waals surface area contributed by atoms with Crippen molar-refractivity contribution in [2.45, 2.75) is 0 Å². The van der Waals surface area contributed by atoms with Crippen molar-refractivity contribution in [3.63, 3.8) is 0 Å². The average Bonchev–Trinajstić information content (AvgIpc) is 3.34. The van der Waals surface area contributed by atoms with Crippen LogP contribution >= 0.6 is 0 Å². The monoisotopic (exact) mass is 749 g/mol. The summed E-state index contributed by atoms with van der Waals surface area (Å²) in [6.07, 6.45) is 6.35. The zero-order valence-electron chi connectivity index (χ0n) is 23.1. The first kappa shape index (κ1) is 27.4. The van der Waals surface area contributed by atoms with Gasteiger partial charge in [-0.2, -0.15) is 0 Å².